The molecule has 2 atom stereocenters. The molecular weight excluding hydrogens is 296 g/mol. The third kappa shape index (κ3) is 2.61. The number of H-pyrrole nitrogens is 1. The molecule has 2 heterocycles. The molecule has 1 saturated heterocycles. The van der Waals surface area contributed by atoms with Crippen molar-refractivity contribution >= 4 is 21.1 Å². The van der Waals surface area contributed by atoms with E-state index in [-0.39, 0.29) is 17.1 Å². The molecule has 0 amide bonds. The van der Waals surface area contributed by atoms with Crippen LogP contribution in [0.25, 0.3) is 11.1 Å². The first-order valence-electron chi connectivity index (χ1n) is 6.65. The van der Waals surface area contributed by atoms with Crippen molar-refractivity contribution in [1.29, 1.82) is 0 Å². The van der Waals surface area contributed by atoms with E-state index >= 15 is 0 Å². The second kappa shape index (κ2) is 4.97. The Bertz CT molecular complexity index is 812. The third-order valence-corrected chi connectivity index (χ3v) is 5.24. The fourth-order valence-corrected chi connectivity index (χ4v) is 4.18. The van der Waals surface area contributed by atoms with Crippen molar-refractivity contribution in [3.05, 3.63) is 28.7 Å². The number of aromatic amines is 1. The molecule has 1 aromatic heterocycles. The van der Waals surface area contributed by atoms with E-state index in [2.05, 4.69) is 4.98 Å². The fraction of sp³-hybridized carbons (Fsp3) is 0.462. The van der Waals surface area contributed by atoms with Crippen LogP contribution in [-0.2, 0) is 14.8 Å². The average Bonchev–Trinajstić information content (AvgIpc) is 2.76. The largest absolute Gasteiger partial charge is 0.417 e. The van der Waals surface area contributed by atoms with Crippen molar-refractivity contribution < 1.29 is 17.6 Å². The van der Waals surface area contributed by atoms with Crippen molar-refractivity contribution in [2.45, 2.75) is 31.0 Å². The molecule has 2 unspecified atom stereocenters. The molecule has 0 bridgehead atoms. The topological polar surface area (TPSA) is 92.6 Å². The van der Waals surface area contributed by atoms with E-state index in [9.17, 15) is 13.2 Å². The highest BCUT2D eigenvalue weighted by atomic mass is 32.2. The summed E-state index contributed by atoms with van der Waals surface area (Å²) in [6.45, 7) is 4.31. The maximum Gasteiger partial charge on any atom is 0.417 e. The van der Waals surface area contributed by atoms with Gasteiger partial charge >= 0.3 is 5.76 Å². The molecular formula is C13H16N2O5S. The lowest BCUT2D eigenvalue weighted by molar-refractivity contribution is -0.0440. The van der Waals surface area contributed by atoms with Gasteiger partial charge in [-0.1, -0.05) is 0 Å². The summed E-state index contributed by atoms with van der Waals surface area (Å²) < 4.78 is 37.2. The minimum Gasteiger partial charge on any atom is -0.408 e. The van der Waals surface area contributed by atoms with Gasteiger partial charge in [0.05, 0.1) is 22.6 Å². The molecule has 7 nitrogen and oxygen atoms in total. The molecule has 0 aliphatic carbocycles. The van der Waals surface area contributed by atoms with E-state index < -0.39 is 15.8 Å². The molecule has 1 aromatic carbocycles. The molecule has 0 spiro atoms. The van der Waals surface area contributed by atoms with Crippen LogP contribution in [0.15, 0.2) is 32.3 Å². The van der Waals surface area contributed by atoms with Crippen molar-refractivity contribution in [3.8, 4) is 0 Å². The van der Waals surface area contributed by atoms with Gasteiger partial charge in [0.2, 0.25) is 10.0 Å². The summed E-state index contributed by atoms with van der Waals surface area (Å²) in [5, 5.41) is 0. The third-order valence-electron chi connectivity index (χ3n) is 3.41. The summed E-state index contributed by atoms with van der Waals surface area (Å²) in [7, 11) is -3.62. The van der Waals surface area contributed by atoms with Crippen LogP contribution in [0.3, 0.4) is 0 Å². The van der Waals surface area contributed by atoms with Gasteiger partial charge in [0, 0.05) is 13.1 Å². The smallest absolute Gasteiger partial charge is 0.408 e. The van der Waals surface area contributed by atoms with Crippen molar-refractivity contribution in [2.24, 2.45) is 0 Å². The summed E-state index contributed by atoms with van der Waals surface area (Å²) >= 11 is 0. The van der Waals surface area contributed by atoms with Gasteiger partial charge in [0.25, 0.3) is 0 Å². The molecule has 8 heteroatoms. The van der Waals surface area contributed by atoms with E-state index in [1.165, 1.54) is 22.5 Å². The maximum absolute atomic E-state index is 12.7. The molecule has 1 N–H and O–H groups in total. The Labute approximate surface area is 121 Å². The van der Waals surface area contributed by atoms with Gasteiger partial charge in [0.1, 0.15) is 0 Å². The molecule has 1 aliphatic heterocycles. The predicted octanol–water partition coefficient (Wildman–Crippen LogP) is 0.919. The monoisotopic (exact) mass is 312 g/mol. The Kier molecular flexibility index (Phi) is 3.39. The molecule has 1 fully saturated rings. The number of oxazole rings is 1. The highest BCUT2D eigenvalue weighted by Gasteiger charge is 2.32. The van der Waals surface area contributed by atoms with Crippen LogP contribution in [0.2, 0.25) is 0 Å². The quantitative estimate of drug-likeness (QED) is 0.890. The number of morpholine rings is 1. The number of sulfonamides is 1. The van der Waals surface area contributed by atoms with Crippen LogP contribution >= 0.6 is 0 Å². The minimum atomic E-state index is -3.62. The van der Waals surface area contributed by atoms with E-state index in [0.717, 1.165) is 0 Å². The van der Waals surface area contributed by atoms with Crippen LogP contribution in [0.4, 0.5) is 0 Å². The number of benzene rings is 1. The zero-order valence-electron chi connectivity index (χ0n) is 11.7. The molecule has 114 valence electrons. The van der Waals surface area contributed by atoms with Crippen LogP contribution in [0.1, 0.15) is 13.8 Å². The Balaban J connectivity index is 2.01. The highest BCUT2D eigenvalue weighted by molar-refractivity contribution is 7.89. The minimum absolute atomic E-state index is 0.133. The van der Waals surface area contributed by atoms with Crippen LogP contribution in [0.5, 0.6) is 0 Å². The summed E-state index contributed by atoms with van der Waals surface area (Å²) in [5.74, 6) is -0.604. The summed E-state index contributed by atoms with van der Waals surface area (Å²) in [4.78, 5) is 13.7. The predicted molar refractivity (Wildman–Crippen MR) is 75.6 cm³/mol. The van der Waals surface area contributed by atoms with E-state index in [0.29, 0.717) is 24.2 Å². The number of hydrogen-bond donors (Lipinski definition) is 1. The van der Waals surface area contributed by atoms with E-state index in [4.69, 9.17) is 9.15 Å². The summed E-state index contributed by atoms with van der Waals surface area (Å²) in [5.41, 5.74) is 0.707. The Morgan fingerprint density at radius 2 is 1.90 bits per heavy atom. The molecule has 2 aromatic rings. The second-order valence-corrected chi connectivity index (χ2v) is 7.19. The van der Waals surface area contributed by atoms with Gasteiger partial charge in [-0.05, 0) is 32.0 Å². The van der Waals surface area contributed by atoms with E-state index in [1.54, 1.807) is 0 Å². The van der Waals surface area contributed by atoms with Gasteiger partial charge in [0.15, 0.2) is 5.58 Å². The first kappa shape index (κ1) is 14.3. The number of aromatic nitrogens is 1. The number of rotatable bonds is 2. The summed E-state index contributed by atoms with van der Waals surface area (Å²) in [6, 6.07) is 4.34. The van der Waals surface area contributed by atoms with Gasteiger partial charge in [-0.3, -0.25) is 4.98 Å². The second-order valence-electron chi connectivity index (χ2n) is 5.25. The highest BCUT2D eigenvalue weighted by Crippen LogP contribution is 2.23. The lowest BCUT2D eigenvalue weighted by Gasteiger charge is -2.34. The van der Waals surface area contributed by atoms with Gasteiger partial charge in [-0.25, -0.2) is 13.2 Å². The molecule has 1 aliphatic rings. The molecule has 21 heavy (non-hydrogen) atoms. The van der Waals surface area contributed by atoms with E-state index in [1.807, 2.05) is 13.8 Å². The van der Waals surface area contributed by atoms with Crippen LogP contribution in [-0.4, -0.2) is 43.0 Å². The number of nitrogens with zero attached hydrogens (tertiary/aromatic N) is 1. The zero-order chi connectivity index (χ0) is 15.2. The molecule has 3 rings (SSSR count). The lowest BCUT2D eigenvalue weighted by atomic mass is 10.3. The van der Waals surface area contributed by atoms with Crippen LogP contribution < -0.4 is 5.76 Å². The SMILES string of the molecule is CC1CN(S(=O)(=O)c2ccc3oc(=O)[nH]c3c2)CC(C)O1. The number of nitrogens with one attached hydrogen (secondary N) is 1. The molecule has 0 radical (unpaired) electrons. The number of fused-ring (bicyclic) bond motifs is 1. The Hall–Kier alpha value is -1.64. The molecule has 0 saturated carbocycles. The first-order chi connectivity index (χ1) is 9.86. The van der Waals surface area contributed by atoms with Crippen LogP contribution in [0, 0.1) is 0 Å². The standard InChI is InChI=1S/C13H16N2O5S/c1-8-6-15(7-9(2)19-8)21(17,18)10-3-4-12-11(5-10)14-13(16)20-12/h3-5,8-9H,6-7H2,1-2H3,(H,14,16). The van der Waals surface area contributed by atoms with Gasteiger partial charge in [-0.15, -0.1) is 0 Å². The van der Waals surface area contributed by atoms with Gasteiger partial charge < -0.3 is 9.15 Å². The first-order valence-corrected chi connectivity index (χ1v) is 8.09. The Morgan fingerprint density at radius 1 is 1.24 bits per heavy atom. The Morgan fingerprint density at radius 3 is 2.57 bits per heavy atom. The number of ether oxygens (including phenoxy) is 1. The maximum atomic E-state index is 12.7. The normalized spacial score (nSPS) is 24.5. The van der Waals surface area contributed by atoms with Crippen molar-refractivity contribution in [2.75, 3.05) is 13.1 Å². The lowest BCUT2D eigenvalue weighted by Crippen LogP contribution is -2.48. The average molecular weight is 312 g/mol. The van der Waals surface area contributed by atoms with Crippen molar-refractivity contribution in [1.82, 2.24) is 9.29 Å². The fourth-order valence-electron chi connectivity index (χ4n) is 2.57. The summed E-state index contributed by atoms with van der Waals surface area (Å²) in [6.07, 6.45) is -0.304. The van der Waals surface area contributed by atoms with Gasteiger partial charge in [-0.2, -0.15) is 4.31 Å². The zero-order valence-corrected chi connectivity index (χ0v) is 12.5. The van der Waals surface area contributed by atoms with Crippen molar-refractivity contribution in [3.63, 3.8) is 0 Å². The number of hydrogen-bond acceptors (Lipinski definition) is 5.